The molecule has 0 saturated heterocycles. The van der Waals surface area contributed by atoms with Crippen LogP contribution in [0, 0.1) is 0 Å². The normalized spacial score (nSPS) is 12.1. The van der Waals surface area contributed by atoms with Crippen LogP contribution < -0.4 is 11.1 Å². The van der Waals surface area contributed by atoms with Gasteiger partial charge in [0.2, 0.25) is 5.91 Å². The molecule has 23 heavy (non-hydrogen) atoms. The van der Waals surface area contributed by atoms with Crippen LogP contribution in [0.25, 0.3) is 0 Å². The number of nitrogens with two attached hydrogens (primary N) is 1. The first kappa shape index (κ1) is 24.2. The average molecular weight is 376 g/mol. The lowest BCUT2D eigenvalue weighted by atomic mass is 10.1. The van der Waals surface area contributed by atoms with Crippen molar-refractivity contribution in [2.45, 2.75) is 18.6 Å². The predicted molar refractivity (Wildman–Crippen MR) is 89.0 cm³/mol. The Labute approximate surface area is 146 Å². The lowest BCUT2D eigenvalue weighted by Crippen LogP contribution is -2.37. The highest BCUT2D eigenvalue weighted by Gasteiger charge is 2.28. The summed E-state index contributed by atoms with van der Waals surface area (Å²) < 4.78 is 36.3. The summed E-state index contributed by atoms with van der Waals surface area (Å²) in [6, 6.07) is 8.13. The number of nitrogens with zero attached hydrogens (tertiary/aromatic N) is 1. The summed E-state index contributed by atoms with van der Waals surface area (Å²) in [5.41, 5.74) is 6.49. The molecule has 1 unspecified atom stereocenters. The van der Waals surface area contributed by atoms with Gasteiger partial charge in [0.25, 0.3) is 0 Å². The molecule has 1 amide bonds. The zero-order valence-corrected chi connectivity index (χ0v) is 14.3. The van der Waals surface area contributed by atoms with E-state index in [4.69, 9.17) is 5.73 Å². The molecule has 0 aliphatic rings. The van der Waals surface area contributed by atoms with Crippen LogP contribution in [-0.4, -0.2) is 43.7 Å². The van der Waals surface area contributed by atoms with Gasteiger partial charge < -0.3 is 11.1 Å². The van der Waals surface area contributed by atoms with E-state index in [1.165, 1.54) is 11.9 Å². The van der Waals surface area contributed by atoms with E-state index in [1.54, 1.807) is 24.3 Å². The minimum Gasteiger partial charge on any atom is -0.354 e. The van der Waals surface area contributed by atoms with Gasteiger partial charge in [-0.1, -0.05) is 30.3 Å². The summed E-state index contributed by atoms with van der Waals surface area (Å²) in [6.45, 7) is -0.410. The van der Waals surface area contributed by atoms with E-state index in [0.717, 1.165) is 0 Å². The Kier molecular flexibility index (Phi) is 12.1. The molecule has 0 aromatic heterocycles. The zero-order chi connectivity index (χ0) is 15.9. The highest BCUT2D eigenvalue weighted by atomic mass is 35.5. The number of halogens is 5. The van der Waals surface area contributed by atoms with Gasteiger partial charge in [0.05, 0.1) is 6.54 Å². The predicted octanol–water partition coefficient (Wildman–Crippen LogP) is 2.53. The third-order valence-corrected chi connectivity index (χ3v) is 2.91. The summed E-state index contributed by atoms with van der Waals surface area (Å²) in [5, 5.41) is 2.63. The molecule has 1 aromatic carbocycles. The molecule has 9 heteroatoms. The quantitative estimate of drug-likeness (QED) is 0.720. The van der Waals surface area contributed by atoms with Crippen LogP contribution in [-0.2, 0) is 4.79 Å². The van der Waals surface area contributed by atoms with E-state index >= 15 is 0 Å². The van der Waals surface area contributed by atoms with Gasteiger partial charge in [-0.05, 0) is 25.6 Å². The summed E-state index contributed by atoms with van der Waals surface area (Å²) in [7, 11) is 1.39. The molecular weight excluding hydrogens is 354 g/mol. The van der Waals surface area contributed by atoms with E-state index in [1.807, 2.05) is 6.07 Å². The SMILES string of the molecule is CN(CCCNC(=O)C(N)c1ccccc1)CC(F)(F)F.Cl.Cl. The first-order valence-electron chi connectivity index (χ1n) is 6.63. The Morgan fingerprint density at radius 2 is 1.83 bits per heavy atom. The van der Waals surface area contributed by atoms with Crippen molar-refractivity contribution in [3.05, 3.63) is 35.9 Å². The van der Waals surface area contributed by atoms with Crippen molar-refractivity contribution >= 4 is 30.7 Å². The highest BCUT2D eigenvalue weighted by Crippen LogP contribution is 2.15. The summed E-state index contributed by atoms with van der Waals surface area (Å²) in [6.07, 6.45) is -3.77. The molecule has 0 fully saturated rings. The van der Waals surface area contributed by atoms with Gasteiger partial charge in [-0.25, -0.2) is 0 Å². The zero-order valence-electron chi connectivity index (χ0n) is 12.7. The van der Waals surface area contributed by atoms with Crippen molar-refractivity contribution < 1.29 is 18.0 Å². The van der Waals surface area contributed by atoms with Crippen LogP contribution in [0.1, 0.15) is 18.0 Å². The lowest BCUT2D eigenvalue weighted by molar-refractivity contribution is -0.143. The third kappa shape index (κ3) is 10.4. The maximum Gasteiger partial charge on any atom is 0.401 e. The number of carbonyl (C=O) groups excluding carboxylic acids is 1. The fraction of sp³-hybridized carbons (Fsp3) is 0.500. The second-order valence-corrected chi connectivity index (χ2v) is 4.89. The Morgan fingerprint density at radius 3 is 2.35 bits per heavy atom. The van der Waals surface area contributed by atoms with Gasteiger partial charge in [-0.15, -0.1) is 24.8 Å². The Balaban J connectivity index is 0. The second-order valence-electron chi connectivity index (χ2n) is 4.89. The molecule has 1 aromatic rings. The van der Waals surface area contributed by atoms with Gasteiger partial charge in [0, 0.05) is 6.54 Å². The summed E-state index contributed by atoms with van der Waals surface area (Å²) in [5.74, 6) is -0.334. The molecule has 0 radical (unpaired) electrons. The van der Waals surface area contributed by atoms with E-state index < -0.39 is 18.8 Å². The molecule has 1 rings (SSSR count). The molecule has 0 aliphatic carbocycles. The Morgan fingerprint density at radius 1 is 1.26 bits per heavy atom. The van der Waals surface area contributed by atoms with Crippen LogP contribution in [0.5, 0.6) is 0 Å². The molecule has 0 aliphatic heterocycles. The summed E-state index contributed by atoms with van der Waals surface area (Å²) in [4.78, 5) is 13.0. The number of carbonyl (C=O) groups is 1. The third-order valence-electron chi connectivity index (χ3n) is 2.91. The van der Waals surface area contributed by atoms with Gasteiger partial charge >= 0.3 is 6.18 Å². The van der Waals surface area contributed by atoms with Crippen LogP contribution in [0.15, 0.2) is 30.3 Å². The van der Waals surface area contributed by atoms with Crippen LogP contribution in [0.4, 0.5) is 13.2 Å². The molecule has 0 spiro atoms. The van der Waals surface area contributed by atoms with E-state index in [-0.39, 0.29) is 37.3 Å². The van der Waals surface area contributed by atoms with Crippen LogP contribution in [0.2, 0.25) is 0 Å². The lowest BCUT2D eigenvalue weighted by Gasteiger charge is -2.18. The molecule has 4 nitrogen and oxygen atoms in total. The maximum atomic E-state index is 12.1. The van der Waals surface area contributed by atoms with E-state index in [0.29, 0.717) is 18.5 Å². The fourth-order valence-electron chi connectivity index (χ4n) is 1.87. The van der Waals surface area contributed by atoms with Gasteiger partial charge in [-0.3, -0.25) is 9.69 Å². The van der Waals surface area contributed by atoms with Crippen molar-refractivity contribution in [1.29, 1.82) is 0 Å². The monoisotopic (exact) mass is 375 g/mol. The number of nitrogens with one attached hydrogen (secondary N) is 1. The highest BCUT2D eigenvalue weighted by molar-refractivity contribution is 5.85. The van der Waals surface area contributed by atoms with E-state index in [2.05, 4.69) is 5.32 Å². The van der Waals surface area contributed by atoms with Crippen molar-refractivity contribution in [2.24, 2.45) is 5.73 Å². The molecule has 134 valence electrons. The molecule has 0 heterocycles. The van der Waals surface area contributed by atoms with Gasteiger partial charge in [-0.2, -0.15) is 13.2 Å². The number of hydrogen-bond acceptors (Lipinski definition) is 3. The molecule has 0 bridgehead atoms. The fourth-order valence-corrected chi connectivity index (χ4v) is 1.87. The first-order chi connectivity index (χ1) is 9.79. The van der Waals surface area contributed by atoms with Crippen LogP contribution in [0.3, 0.4) is 0 Å². The van der Waals surface area contributed by atoms with Crippen molar-refractivity contribution in [3.8, 4) is 0 Å². The number of benzene rings is 1. The number of hydrogen-bond donors (Lipinski definition) is 2. The van der Waals surface area contributed by atoms with Crippen molar-refractivity contribution in [1.82, 2.24) is 10.2 Å². The van der Waals surface area contributed by atoms with Crippen molar-refractivity contribution in [3.63, 3.8) is 0 Å². The average Bonchev–Trinajstić information content (AvgIpc) is 2.41. The van der Waals surface area contributed by atoms with Crippen LogP contribution >= 0.6 is 24.8 Å². The topological polar surface area (TPSA) is 58.4 Å². The molecule has 1 atom stereocenters. The minimum absolute atomic E-state index is 0. The maximum absolute atomic E-state index is 12.1. The summed E-state index contributed by atoms with van der Waals surface area (Å²) >= 11 is 0. The number of rotatable bonds is 7. The van der Waals surface area contributed by atoms with Gasteiger partial charge in [0.1, 0.15) is 6.04 Å². The number of alkyl halides is 3. The minimum atomic E-state index is -4.20. The molecule has 3 N–H and O–H groups in total. The number of amides is 1. The first-order valence-corrected chi connectivity index (χ1v) is 6.63. The van der Waals surface area contributed by atoms with Gasteiger partial charge in [0.15, 0.2) is 0 Å². The molecular formula is C14H22Cl2F3N3O. The standard InChI is InChI=1S/C14H20F3N3O.2ClH/c1-20(10-14(15,16)17)9-5-8-19-13(21)12(18)11-6-3-2-4-7-11;;/h2-4,6-7,12H,5,8-10,18H2,1H3,(H,19,21);2*1H. The Hall–Kier alpha value is -1.02. The Bertz CT molecular complexity index is 447. The smallest absolute Gasteiger partial charge is 0.354 e. The van der Waals surface area contributed by atoms with E-state index in [9.17, 15) is 18.0 Å². The largest absolute Gasteiger partial charge is 0.401 e. The van der Waals surface area contributed by atoms with Crippen molar-refractivity contribution in [2.75, 3.05) is 26.7 Å². The molecule has 0 saturated carbocycles. The second kappa shape index (κ2) is 11.5.